The van der Waals surface area contributed by atoms with Crippen LogP contribution in [0.15, 0.2) is 23.1 Å². The van der Waals surface area contributed by atoms with Gasteiger partial charge in [-0.2, -0.15) is 5.26 Å². The Balaban J connectivity index is 3.10. The van der Waals surface area contributed by atoms with Crippen molar-refractivity contribution in [3.8, 4) is 6.07 Å². The Kier molecular flexibility index (Phi) is 4.73. The molecule has 0 aromatic heterocycles. The van der Waals surface area contributed by atoms with Crippen LogP contribution in [-0.2, 0) is 0 Å². The van der Waals surface area contributed by atoms with Crippen molar-refractivity contribution in [2.24, 2.45) is 0 Å². The number of benzene rings is 1. The molecule has 3 nitrogen and oxygen atoms in total. The smallest absolute Gasteiger partial charge is 0.160 e. The van der Waals surface area contributed by atoms with E-state index in [1.807, 2.05) is 13.0 Å². The van der Waals surface area contributed by atoms with Crippen LogP contribution in [0.3, 0.4) is 0 Å². The standard InChI is InChI=1S/C13H15NO2S/c1-8(15)10(3)17-13-6-11(7-14)4-5-12(13)9(2)16/h4-6,8,10,15H,1-3H3. The van der Waals surface area contributed by atoms with E-state index in [1.54, 1.807) is 25.1 Å². The zero-order chi connectivity index (χ0) is 13.0. The van der Waals surface area contributed by atoms with Crippen LogP contribution < -0.4 is 0 Å². The van der Waals surface area contributed by atoms with Crippen LogP contribution in [0.4, 0.5) is 0 Å². The van der Waals surface area contributed by atoms with Crippen LogP contribution in [0.5, 0.6) is 0 Å². The van der Waals surface area contributed by atoms with Gasteiger partial charge < -0.3 is 5.11 Å². The summed E-state index contributed by atoms with van der Waals surface area (Å²) >= 11 is 1.41. The fraction of sp³-hybridized carbons (Fsp3) is 0.385. The highest BCUT2D eigenvalue weighted by Gasteiger charge is 2.15. The van der Waals surface area contributed by atoms with Crippen molar-refractivity contribution in [2.75, 3.05) is 0 Å². The Bertz CT molecular complexity index is 463. The number of carbonyl (C=O) groups excluding carboxylic acids is 1. The van der Waals surface area contributed by atoms with Crippen LogP contribution in [0.1, 0.15) is 36.7 Å². The molecular weight excluding hydrogens is 234 g/mol. The van der Waals surface area contributed by atoms with Gasteiger partial charge in [0.25, 0.3) is 0 Å². The summed E-state index contributed by atoms with van der Waals surface area (Å²) in [6, 6.07) is 7.04. The van der Waals surface area contributed by atoms with Gasteiger partial charge in [0.1, 0.15) is 0 Å². The molecule has 0 amide bonds. The zero-order valence-electron chi connectivity index (χ0n) is 10.1. The molecule has 1 aromatic carbocycles. The molecule has 0 spiro atoms. The molecule has 0 aliphatic heterocycles. The van der Waals surface area contributed by atoms with Gasteiger partial charge >= 0.3 is 0 Å². The Hall–Kier alpha value is -1.31. The molecule has 2 unspecified atom stereocenters. The molecule has 2 atom stereocenters. The van der Waals surface area contributed by atoms with Crippen molar-refractivity contribution in [3.63, 3.8) is 0 Å². The van der Waals surface area contributed by atoms with E-state index in [0.717, 1.165) is 4.90 Å². The lowest BCUT2D eigenvalue weighted by Crippen LogP contribution is -2.15. The number of rotatable bonds is 4. The molecule has 90 valence electrons. The van der Waals surface area contributed by atoms with Gasteiger partial charge in [0, 0.05) is 15.7 Å². The molecular formula is C13H15NO2S. The van der Waals surface area contributed by atoms with E-state index in [9.17, 15) is 9.90 Å². The number of nitrogens with zero attached hydrogens (tertiary/aromatic N) is 1. The average molecular weight is 249 g/mol. The lowest BCUT2D eigenvalue weighted by atomic mass is 10.1. The third-order valence-corrected chi connectivity index (χ3v) is 3.84. The minimum atomic E-state index is -0.467. The molecule has 4 heteroatoms. The largest absolute Gasteiger partial charge is 0.392 e. The minimum absolute atomic E-state index is 0.0259. The summed E-state index contributed by atoms with van der Waals surface area (Å²) in [5, 5.41) is 18.3. The number of thioether (sulfide) groups is 1. The molecule has 0 saturated heterocycles. The fourth-order valence-corrected chi connectivity index (χ4v) is 2.41. The van der Waals surface area contributed by atoms with Gasteiger partial charge in [-0.25, -0.2) is 0 Å². The van der Waals surface area contributed by atoms with Crippen molar-refractivity contribution in [1.29, 1.82) is 5.26 Å². The second kappa shape index (κ2) is 5.85. The number of nitriles is 1. The molecule has 0 aliphatic rings. The fourth-order valence-electron chi connectivity index (χ4n) is 1.28. The summed E-state index contributed by atoms with van der Waals surface area (Å²) in [7, 11) is 0. The highest BCUT2D eigenvalue weighted by molar-refractivity contribution is 8.00. The molecule has 17 heavy (non-hydrogen) atoms. The third-order valence-electron chi connectivity index (χ3n) is 2.48. The van der Waals surface area contributed by atoms with Gasteiger partial charge in [0.15, 0.2) is 5.78 Å². The maximum atomic E-state index is 11.5. The van der Waals surface area contributed by atoms with Crippen LogP contribution in [0.2, 0.25) is 0 Å². The molecule has 0 radical (unpaired) electrons. The second-order valence-corrected chi connectivity index (χ2v) is 5.36. The molecule has 0 heterocycles. The molecule has 1 N–H and O–H groups in total. The number of carbonyl (C=O) groups is 1. The first-order chi connectivity index (χ1) is 7.95. The van der Waals surface area contributed by atoms with Crippen molar-refractivity contribution in [1.82, 2.24) is 0 Å². The molecule has 0 saturated carbocycles. The Labute approximate surface area is 105 Å². The topological polar surface area (TPSA) is 61.1 Å². The molecule has 0 bridgehead atoms. The van der Waals surface area contributed by atoms with Crippen molar-refractivity contribution < 1.29 is 9.90 Å². The highest BCUT2D eigenvalue weighted by atomic mass is 32.2. The van der Waals surface area contributed by atoms with Gasteiger partial charge in [-0.1, -0.05) is 6.92 Å². The Morgan fingerprint density at radius 1 is 1.47 bits per heavy atom. The van der Waals surface area contributed by atoms with E-state index in [2.05, 4.69) is 0 Å². The lowest BCUT2D eigenvalue weighted by Gasteiger charge is -2.15. The quantitative estimate of drug-likeness (QED) is 0.658. The summed E-state index contributed by atoms with van der Waals surface area (Å²) in [5.41, 5.74) is 1.12. The number of hydrogen-bond acceptors (Lipinski definition) is 4. The van der Waals surface area contributed by atoms with Gasteiger partial charge in [-0.15, -0.1) is 11.8 Å². The number of aliphatic hydroxyl groups excluding tert-OH is 1. The SMILES string of the molecule is CC(=O)c1ccc(C#N)cc1SC(C)C(C)O. The number of ketones is 1. The predicted octanol–water partition coefficient (Wildman–Crippen LogP) is 2.62. The summed E-state index contributed by atoms with van der Waals surface area (Å²) in [5.74, 6) is -0.0326. The minimum Gasteiger partial charge on any atom is -0.392 e. The zero-order valence-corrected chi connectivity index (χ0v) is 10.9. The van der Waals surface area contributed by atoms with Crippen molar-refractivity contribution in [3.05, 3.63) is 29.3 Å². The first-order valence-corrected chi connectivity index (χ1v) is 6.23. The van der Waals surface area contributed by atoms with Crippen molar-refractivity contribution in [2.45, 2.75) is 37.0 Å². The average Bonchev–Trinajstić information content (AvgIpc) is 2.28. The second-order valence-electron chi connectivity index (χ2n) is 3.94. The normalized spacial score (nSPS) is 13.8. The number of hydrogen-bond donors (Lipinski definition) is 1. The molecule has 1 rings (SSSR count). The maximum Gasteiger partial charge on any atom is 0.160 e. The monoisotopic (exact) mass is 249 g/mol. The van der Waals surface area contributed by atoms with Gasteiger partial charge in [-0.3, -0.25) is 4.79 Å². The summed E-state index contributed by atoms with van der Waals surface area (Å²) in [6.07, 6.45) is -0.467. The van der Waals surface area contributed by atoms with E-state index in [1.165, 1.54) is 18.7 Å². The Morgan fingerprint density at radius 2 is 2.12 bits per heavy atom. The van der Waals surface area contributed by atoms with E-state index in [-0.39, 0.29) is 11.0 Å². The number of aliphatic hydroxyl groups is 1. The van der Waals surface area contributed by atoms with Crippen LogP contribution in [0, 0.1) is 11.3 Å². The first kappa shape index (κ1) is 13.8. The molecule has 1 aromatic rings. The third kappa shape index (κ3) is 3.58. The molecule has 0 fully saturated rings. The van der Waals surface area contributed by atoms with E-state index in [4.69, 9.17) is 5.26 Å². The van der Waals surface area contributed by atoms with Crippen LogP contribution >= 0.6 is 11.8 Å². The van der Waals surface area contributed by atoms with Gasteiger partial charge in [0.05, 0.1) is 17.7 Å². The van der Waals surface area contributed by atoms with E-state index >= 15 is 0 Å². The van der Waals surface area contributed by atoms with Gasteiger partial charge in [0.2, 0.25) is 0 Å². The predicted molar refractivity (Wildman–Crippen MR) is 68.2 cm³/mol. The molecule has 0 aliphatic carbocycles. The van der Waals surface area contributed by atoms with E-state index < -0.39 is 6.10 Å². The maximum absolute atomic E-state index is 11.5. The van der Waals surface area contributed by atoms with Crippen molar-refractivity contribution >= 4 is 17.5 Å². The van der Waals surface area contributed by atoms with Crippen LogP contribution in [-0.4, -0.2) is 22.2 Å². The van der Waals surface area contributed by atoms with E-state index in [0.29, 0.717) is 11.1 Å². The number of Topliss-reactive ketones (excluding diaryl/α,β-unsaturated/α-hetero) is 1. The summed E-state index contributed by atoms with van der Waals surface area (Å²) < 4.78 is 0. The summed E-state index contributed by atoms with van der Waals surface area (Å²) in [4.78, 5) is 12.2. The first-order valence-electron chi connectivity index (χ1n) is 5.35. The van der Waals surface area contributed by atoms with Gasteiger partial charge in [-0.05, 0) is 32.0 Å². The Morgan fingerprint density at radius 3 is 2.59 bits per heavy atom. The highest BCUT2D eigenvalue weighted by Crippen LogP contribution is 2.29. The van der Waals surface area contributed by atoms with Crippen LogP contribution in [0.25, 0.3) is 0 Å². The summed E-state index contributed by atoms with van der Waals surface area (Å²) in [6.45, 7) is 5.09. The lowest BCUT2D eigenvalue weighted by molar-refractivity contribution is 0.101.